The Labute approximate surface area is 222 Å². The molecular weight excluding hydrogens is 497 g/mol. The van der Waals surface area contributed by atoms with E-state index in [1.807, 2.05) is 13.8 Å². The summed E-state index contributed by atoms with van der Waals surface area (Å²) in [7, 11) is 0. The van der Waals surface area contributed by atoms with Crippen molar-refractivity contribution in [2.75, 3.05) is 6.61 Å². The number of Topliss-reactive ketones (excluding diaryl/α,β-unsaturated/α-hetero) is 1. The molecule has 0 amide bonds. The number of aryl methyl sites for hydroxylation is 1. The summed E-state index contributed by atoms with van der Waals surface area (Å²) >= 11 is 1.39. The summed E-state index contributed by atoms with van der Waals surface area (Å²) in [5.41, 5.74) is 0.180. The highest BCUT2D eigenvalue weighted by Gasteiger charge is 2.53. The van der Waals surface area contributed by atoms with Gasteiger partial charge in [-0.1, -0.05) is 24.1 Å². The molecular formula is C28H38FNO6S. The van der Waals surface area contributed by atoms with Crippen LogP contribution in [-0.4, -0.2) is 58.0 Å². The number of aliphatic hydroxyl groups excluding tert-OH is 2. The van der Waals surface area contributed by atoms with Gasteiger partial charge in [0.25, 0.3) is 0 Å². The van der Waals surface area contributed by atoms with Crippen molar-refractivity contribution in [2.45, 2.75) is 90.1 Å². The maximum Gasteiger partial charge on any atom is 0.309 e. The zero-order chi connectivity index (χ0) is 27.2. The molecule has 1 aromatic rings. The van der Waals surface area contributed by atoms with Crippen molar-refractivity contribution in [3.63, 3.8) is 0 Å². The van der Waals surface area contributed by atoms with E-state index in [0.29, 0.717) is 31.6 Å². The van der Waals surface area contributed by atoms with Crippen molar-refractivity contribution in [3.05, 3.63) is 46.2 Å². The minimum atomic E-state index is -1.31. The number of rotatable bonds is 4. The zero-order valence-corrected chi connectivity index (χ0v) is 22.6. The molecule has 9 heteroatoms. The first kappa shape index (κ1) is 29.4. The molecule has 1 saturated carbocycles. The second-order valence-corrected chi connectivity index (χ2v) is 11.2. The molecule has 1 fully saturated rings. The van der Waals surface area contributed by atoms with Gasteiger partial charge in [-0.2, -0.15) is 0 Å². The van der Waals surface area contributed by atoms with E-state index in [9.17, 15) is 19.8 Å². The Morgan fingerprint density at radius 2 is 2.05 bits per heavy atom. The molecule has 5 atom stereocenters. The lowest BCUT2D eigenvalue weighted by Gasteiger charge is -2.46. The van der Waals surface area contributed by atoms with Crippen LogP contribution in [0.2, 0.25) is 0 Å². The first-order valence-electron chi connectivity index (χ1n) is 12.8. The van der Waals surface area contributed by atoms with Gasteiger partial charge in [0.1, 0.15) is 11.6 Å². The first-order valence-corrected chi connectivity index (χ1v) is 13.7. The van der Waals surface area contributed by atoms with Gasteiger partial charge in [-0.3, -0.25) is 9.59 Å². The Morgan fingerprint density at radius 3 is 2.65 bits per heavy atom. The predicted octanol–water partition coefficient (Wildman–Crippen LogP) is 4.86. The molecule has 204 valence electrons. The van der Waals surface area contributed by atoms with Gasteiger partial charge in [0, 0.05) is 17.9 Å². The van der Waals surface area contributed by atoms with Crippen LogP contribution in [0.4, 0.5) is 4.39 Å². The van der Waals surface area contributed by atoms with Crippen LogP contribution < -0.4 is 0 Å². The molecule has 0 unspecified atom stereocenters. The number of cyclic esters (lactones) is 1. The van der Waals surface area contributed by atoms with E-state index in [1.54, 1.807) is 24.5 Å². The number of ether oxygens (including phenoxy) is 2. The fourth-order valence-corrected chi connectivity index (χ4v) is 5.52. The second-order valence-electron chi connectivity index (χ2n) is 10.1. The van der Waals surface area contributed by atoms with Gasteiger partial charge in [0.05, 0.1) is 53.4 Å². The van der Waals surface area contributed by atoms with Crippen molar-refractivity contribution in [1.29, 1.82) is 0 Å². The molecule has 0 aromatic carbocycles. The topological polar surface area (TPSA) is 106 Å². The average Bonchev–Trinajstić information content (AvgIpc) is 3.22. The zero-order valence-electron chi connectivity index (χ0n) is 21.8. The van der Waals surface area contributed by atoms with Gasteiger partial charge in [-0.15, -0.1) is 17.9 Å². The number of aliphatic hydroxyl groups is 2. The SMILES string of the molecule is C=CC[C@H]1C(=O)C2(CCC2)[C@@H](O)CC(=O)O[C@H](/C(F)=C/c2csc(C)n2)C/C=C(/C)CCO[C@H](C)[C@H]1O. The van der Waals surface area contributed by atoms with Crippen LogP contribution in [0.25, 0.3) is 6.08 Å². The summed E-state index contributed by atoms with van der Waals surface area (Å²) in [6, 6.07) is 0. The number of carbonyl (C=O) groups is 2. The number of allylic oxidation sites excluding steroid dienone is 1. The van der Waals surface area contributed by atoms with E-state index >= 15 is 4.39 Å². The summed E-state index contributed by atoms with van der Waals surface area (Å²) < 4.78 is 26.6. The highest BCUT2D eigenvalue weighted by atomic mass is 32.1. The third-order valence-corrected chi connectivity index (χ3v) is 8.24. The second kappa shape index (κ2) is 13.0. The summed E-state index contributed by atoms with van der Waals surface area (Å²) in [5, 5.41) is 24.6. The lowest BCUT2D eigenvalue weighted by atomic mass is 9.58. The number of esters is 1. The van der Waals surface area contributed by atoms with Crippen LogP contribution in [0.1, 0.15) is 69.5 Å². The Kier molecular flexibility index (Phi) is 10.3. The maximum absolute atomic E-state index is 15.2. The Bertz CT molecular complexity index is 1030. The minimum Gasteiger partial charge on any atom is -0.455 e. The molecule has 1 aromatic heterocycles. The van der Waals surface area contributed by atoms with E-state index < -0.39 is 54.0 Å². The number of carbonyl (C=O) groups excluding carboxylic acids is 2. The van der Waals surface area contributed by atoms with Crippen molar-refractivity contribution in [2.24, 2.45) is 11.3 Å². The lowest BCUT2D eigenvalue weighted by molar-refractivity contribution is -0.163. The molecule has 2 aliphatic rings. The lowest BCUT2D eigenvalue weighted by Crippen LogP contribution is -2.54. The Morgan fingerprint density at radius 1 is 1.32 bits per heavy atom. The normalized spacial score (nSPS) is 31.8. The molecule has 2 heterocycles. The third-order valence-electron chi connectivity index (χ3n) is 7.45. The van der Waals surface area contributed by atoms with Gasteiger partial charge in [-0.25, -0.2) is 9.37 Å². The number of hydrogen-bond donors (Lipinski definition) is 2. The van der Waals surface area contributed by atoms with Crippen molar-refractivity contribution in [3.8, 4) is 0 Å². The van der Waals surface area contributed by atoms with Crippen LogP contribution in [0.5, 0.6) is 0 Å². The fourth-order valence-electron chi connectivity index (χ4n) is 4.95. The standard InChI is InChI=1S/C28H38FNO6S/c1-5-7-21-26(33)18(3)35-13-10-17(2)8-9-23(22(29)14-20-16-37-19(4)30-20)36-25(32)15-24(31)28(27(21)34)11-6-12-28/h5,8,14,16,18,21,23-24,26,31,33H,1,6-7,9-13,15H2,2-4H3/b17-8-,22-14-/t18-,21-,23+,24+,26-/m1/s1. The molecule has 0 saturated heterocycles. The minimum absolute atomic E-state index is 0.1000. The smallest absolute Gasteiger partial charge is 0.309 e. The van der Waals surface area contributed by atoms with E-state index in [-0.39, 0.29) is 18.6 Å². The monoisotopic (exact) mass is 535 g/mol. The molecule has 1 spiro atoms. The Balaban J connectivity index is 1.90. The number of aromatic nitrogens is 1. The predicted molar refractivity (Wildman–Crippen MR) is 140 cm³/mol. The van der Waals surface area contributed by atoms with Gasteiger partial charge in [-0.05, 0) is 46.5 Å². The first-order chi connectivity index (χ1) is 17.6. The quantitative estimate of drug-likeness (QED) is 0.419. The van der Waals surface area contributed by atoms with E-state index in [1.165, 1.54) is 17.4 Å². The average molecular weight is 536 g/mol. The van der Waals surface area contributed by atoms with Crippen molar-refractivity contribution < 1.29 is 33.7 Å². The molecule has 0 bridgehead atoms. The summed E-state index contributed by atoms with van der Waals surface area (Å²) in [6.07, 6.45) is 2.33. The van der Waals surface area contributed by atoms with Gasteiger partial charge >= 0.3 is 5.97 Å². The van der Waals surface area contributed by atoms with Gasteiger partial charge < -0.3 is 19.7 Å². The number of thiazole rings is 1. The number of halogens is 1. The van der Waals surface area contributed by atoms with Crippen LogP contribution >= 0.6 is 11.3 Å². The third kappa shape index (κ3) is 7.22. The molecule has 2 N–H and O–H groups in total. The van der Waals surface area contributed by atoms with Crippen LogP contribution in [0, 0.1) is 18.3 Å². The summed E-state index contributed by atoms with van der Waals surface area (Å²) in [5.74, 6) is -2.55. The number of hydrogen-bond acceptors (Lipinski definition) is 8. The molecule has 37 heavy (non-hydrogen) atoms. The van der Waals surface area contributed by atoms with Gasteiger partial charge in [0.15, 0.2) is 6.10 Å². The largest absolute Gasteiger partial charge is 0.455 e. The van der Waals surface area contributed by atoms with Crippen LogP contribution in [-0.2, 0) is 19.1 Å². The summed E-state index contributed by atoms with van der Waals surface area (Å²) in [4.78, 5) is 30.8. The number of ketones is 1. The maximum atomic E-state index is 15.2. The Hall–Kier alpha value is -2.20. The van der Waals surface area contributed by atoms with E-state index in [0.717, 1.165) is 17.0 Å². The fraction of sp³-hybridized carbons (Fsp3) is 0.607. The highest BCUT2D eigenvalue weighted by molar-refractivity contribution is 7.09. The van der Waals surface area contributed by atoms with Crippen molar-refractivity contribution in [1.82, 2.24) is 4.98 Å². The van der Waals surface area contributed by atoms with E-state index in [2.05, 4.69) is 11.6 Å². The molecule has 7 nitrogen and oxygen atoms in total. The molecule has 0 radical (unpaired) electrons. The van der Waals surface area contributed by atoms with Crippen LogP contribution in [0.15, 0.2) is 35.5 Å². The van der Waals surface area contributed by atoms with Gasteiger partial charge in [0.2, 0.25) is 0 Å². The highest BCUT2D eigenvalue weighted by Crippen LogP contribution is 2.48. The molecule has 3 rings (SSSR count). The van der Waals surface area contributed by atoms with E-state index in [4.69, 9.17) is 9.47 Å². The molecule has 1 aliphatic carbocycles. The van der Waals surface area contributed by atoms with Crippen molar-refractivity contribution >= 4 is 29.2 Å². The summed E-state index contributed by atoms with van der Waals surface area (Å²) in [6.45, 7) is 9.42. The molecule has 1 aliphatic heterocycles. The number of nitrogens with zero attached hydrogens (tertiary/aromatic N) is 1. The van der Waals surface area contributed by atoms with Crippen LogP contribution in [0.3, 0.4) is 0 Å².